The maximum atomic E-state index is 14.1. The summed E-state index contributed by atoms with van der Waals surface area (Å²) in [5, 5.41) is 10.3. The van der Waals surface area contributed by atoms with E-state index in [0.29, 0.717) is 27.7 Å². The summed E-state index contributed by atoms with van der Waals surface area (Å²) in [4.78, 5) is 16.1. The van der Waals surface area contributed by atoms with Gasteiger partial charge in [-0.2, -0.15) is 5.26 Å². The summed E-state index contributed by atoms with van der Waals surface area (Å²) in [6, 6.07) is 14.6. The molecule has 7 heteroatoms. The number of nitriles is 1. The third kappa shape index (κ3) is 3.17. The van der Waals surface area contributed by atoms with E-state index in [1.807, 2.05) is 0 Å². The zero-order valence-corrected chi connectivity index (χ0v) is 15.0. The molecule has 1 fully saturated rings. The quantitative estimate of drug-likeness (QED) is 0.780. The third-order valence-corrected chi connectivity index (χ3v) is 5.89. The number of nitrogens with zero attached hydrogens (tertiary/aromatic N) is 3. The summed E-state index contributed by atoms with van der Waals surface area (Å²) in [5.74, 6) is -0.954. The van der Waals surface area contributed by atoms with Crippen LogP contribution in [0.4, 0.5) is 14.5 Å². The fourth-order valence-corrected chi connectivity index (χ4v) is 4.59. The van der Waals surface area contributed by atoms with Crippen LogP contribution in [0.1, 0.15) is 17.9 Å². The van der Waals surface area contributed by atoms with Gasteiger partial charge in [0.25, 0.3) is 0 Å². The van der Waals surface area contributed by atoms with E-state index in [0.717, 1.165) is 0 Å². The van der Waals surface area contributed by atoms with Crippen molar-refractivity contribution in [3.8, 4) is 6.07 Å². The maximum Gasteiger partial charge on any atom is 0.229 e. The molecule has 0 unspecified atom stereocenters. The molecule has 1 saturated heterocycles. The van der Waals surface area contributed by atoms with Crippen LogP contribution in [0.3, 0.4) is 0 Å². The van der Waals surface area contributed by atoms with Crippen molar-refractivity contribution in [1.29, 1.82) is 5.26 Å². The van der Waals surface area contributed by atoms with Crippen LogP contribution in [0.5, 0.6) is 0 Å². The lowest BCUT2D eigenvalue weighted by Crippen LogP contribution is -2.47. The molecule has 2 aliphatic rings. The van der Waals surface area contributed by atoms with Crippen molar-refractivity contribution in [2.75, 3.05) is 17.4 Å². The number of hydrogen-bond acceptors (Lipinski definition) is 4. The zero-order chi connectivity index (χ0) is 19.0. The van der Waals surface area contributed by atoms with E-state index in [9.17, 15) is 18.8 Å². The molecule has 2 aliphatic heterocycles. The van der Waals surface area contributed by atoms with Crippen molar-refractivity contribution in [2.45, 2.75) is 12.3 Å². The first kappa shape index (κ1) is 17.6. The second-order valence-electron chi connectivity index (χ2n) is 6.37. The van der Waals surface area contributed by atoms with Gasteiger partial charge in [0.1, 0.15) is 11.6 Å². The molecule has 2 aromatic carbocycles. The van der Waals surface area contributed by atoms with Crippen LogP contribution < -0.4 is 4.90 Å². The predicted octanol–water partition coefficient (Wildman–Crippen LogP) is 4.18. The van der Waals surface area contributed by atoms with Gasteiger partial charge in [0.2, 0.25) is 5.91 Å². The SMILES string of the molecule is N#CC1=C2SCN(c3ccccc3F)CN2C(=O)C[C@@H]1c1cccc(F)c1. The molecule has 1 atom stereocenters. The van der Waals surface area contributed by atoms with Crippen LogP contribution in [0.2, 0.25) is 0 Å². The van der Waals surface area contributed by atoms with Crippen molar-refractivity contribution < 1.29 is 13.6 Å². The number of benzene rings is 2. The zero-order valence-electron chi connectivity index (χ0n) is 14.2. The number of halogens is 2. The average Bonchev–Trinajstić information content (AvgIpc) is 2.68. The molecular formula is C20H15F2N3OS. The van der Waals surface area contributed by atoms with Gasteiger partial charge in [0.15, 0.2) is 0 Å². The molecule has 0 aromatic heterocycles. The summed E-state index contributed by atoms with van der Waals surface area (Å²) in [5.41, 5.74) is 1.49. The molecule has 2 heterocycles. The van der Waals surface area contributed by atoms with Crippen molar-refractivity contribution in [3.63, 3.8) is 0 Å². The number of carbonyl (C=O) groups excluding carboxylic acids is 1. The first-order valence-electron chi connectivity index (χ1n) is 8.41. The number of fused-ring (bicyclic) bond motifs is 1. The largest absolute Gasteiger partial charge is 0.341 e. The summed E-state index contributed by atoms with van der Waals surface area (Å²) in [7, 11) is 0. The van der Waals surface area contributed by atoms with Crippen LogP contribution in [0.15, 0.2) is 59.1 Å². The highest BCUT2D eigenvalue weighted by Crippen LogP contribution is 2.43. The molecule has 4 rings (SSSR count). The molecule has 4 nitrogen and oxygen atoms in total. The van der Waals surface area contributed by atoms with Crippen molar-refractivity contribution >= 4 is 23.4 Å². The van der Waals surface area contributed by atoms with E-state index < -0.39 is 11.7 Å². The molecule has 27 heavy (non-hydrogen) atoms. The van der Waals surface area contributed by atoms with Gasteiger partial charge in [-0.3, -0.25) is 9.69 Å². The molecule has 0 spiro atoms. The van der Waals surface area contributed by atoms with Gasteiger partial charge in [-0.25, -0.2) is 8.78 Å². The molecule has 0 saturated carbocycles. The lowest BCUT2D eigenvalue weighted by atomic mass is 9.86. The highest BCUT2D eigenvalue weighted by molar-refractivity contribution is 8.03. The van der Waals surface area contributed by atoms with Gasteiger partial charge in [0.05, 0.1) is 34.9 Å². The number of para-hydroxylation sites is 1. The average molecular weight is 383 g/mol. The number of allylic oxidation sites excluding steroid dienone is 1. The Kier molecular flexibility index (Phi) is 4.58. The van der Waals surface area contributed by atoms with Gasteiger partial charge >= 0.3 is 0 Å². The first-order valence-corrected chi connectivity index (χ1v) is 9.39. The monoisotopic (exact) mass is 383 g/mol. The normalized spacial score (nSPS) is 19.7. The predicted molar refractivity (Wildman–Crippen MR) is 99.4 cm³/mol. The Balaban J connectivity index is 1.69. The lowest BCUT2D eigenvalue weighted by Gasteiger charge is -2.42. The van der Waals surface area contributed by atoms with E-state index in [1.54, 1.807) is 35.2 Å². The van der Waals surface area contributed by atoms with Crippen LogP contribution in [0.25, 0.3) is 0 Å². The highest BCUT2D eigenvalue weighted by Gasteiger charge is 2.38. The van der Waals surface area contributed by atoms with Crippen molar-refractivity contribution in [2.24, 2.45) is 0 Å². The third-order valence-electron chi connectivity index (χ3n) is 4.74. The second kappa shape index (κ2) is 7.05. The second-order valence-corrected chi connectivity index (χ2v) is 7.30. The minimum Gasteiger partial charge on any atom is -0.341 e. The van der Waals surface area contributed by atoms with Crippen LogP contribution in [-0.4, -0.2) is 23.4 Å². The van der Waals surface area contributed by atoms with E-state index >= 15 is 0 Å². The van der Waals surface area contributed by atoms with E-state index in [-0.39, 0.29) is 24.8 Å². The molecule has 0 N–H and O–H groups in total. The standard InChI is InChI=1S/C20H15F2N3OS/c21-14-5-3-4-13(8-14)15-9-19(26)25-11-24(12-27-20(25)16(15)10-23)18-7-2-1-6-17(18)22/h1-8,15H,9,11-12H2/t15-/m1/s1. The molecule has 0 radical (unpaired) electrons. The maximum absolute atomic E-state index is 14.1. The summed E-state index contributed by atoms with van der Waals surface area (Å²) >= 11 is 1.33. The van der Waals surface area contributed by atoms with Crippen LogP contribution in [-0.2, 0) is 4.79 Å². The fraction of sp³-hybridized carbons (Fsp3) is 0.200. The van der Waals surface area contributed by atoms with Gasteiger partial charge in [-0.1, -0.05) is 36.0 Å². The Bertz CT molecular complexity index is 985. The number of rotatable bonds is 2. The number of amides is 1. The van der Waals surface area contributed by atoms with Gasteiger partial charge in [-0.05, 0) is 29.8 Å². The first-order chi connectivity index (χ1) is 13.1. The van der Waals surface area contributed by atoms with Crippen LogP contribution >= 0.6 is 11.8 Å². The summed E-state index contributed by atoms with van der Waals surface area (Å²) < 4.78 is 27.7. The Morgan fingerprint density at radius 1 is 1.15 bits per heavy atom. The lowest BCUT2D eigenvalue weighted by molar-refractivity contribution is -0.129. The number of hydrogen-bond donors (Lipinski definition) is 0. The molecule has 136 valence electrons. The highest BCUT2D eigenvalue weighted by atomic mass is 32.2. The topological polar surface area (TPSA) is 47.3 Å². The number of thioether (sulfide) groups is 1. The minimum atomic E-state index is -0.461. The van der Waals surface area contributed by atoms with Crippen LogP contribution in [0, 0.1) is 23.0 Å². The molecular weight excluding hydrogens is 368 g/mol. The van der Waals surface area contributed by atoms with E-state index in [1.165, 1.54) is 34.9 Å². The van der Waals surface area contributed by atoms with Crippen molar-refractivity contribution in [1.82, 2.24) is 4.90 Å². The fourth-order valence-electron chi connectivity index (χ4n) is 3.43. The number of anilines is 1. The van der Waals surface area contributed by atoms with Gasteiger partial charge in [0, 0.05) is 12.3 Å². The molecule has 1 amide bonds. The van der Waals surface area contributed by atoms with Crippen molar-refractivity contribution in [3.05, 3.63) is 76.3 Å². The Labute approximate surface area is 159 Å². The minimum absolute atomic E-state index is 0.0848. The molecule has 0 bridgehead atoms. The van der Waals surface area contributed by atoms with E-state index in [4.69, 9.17) is 0 Å². The Morgan fingerprint density at radius 2 is 1.96 bits per heavy atom. The Hall–Kier alpha value is -2.85. The summed E-state index contributed by atoms with van der Waals surface area (Å²) in [6.45, 7) is 0.184. The molecule has 2 aromatic rings. The Morgan fingerprint density at radius 3 is 2.70 bits per heavy atom. The molecule has 0 aliphatic carbocycles. The smallest absolute Gasteiger partial charge is 0.229 e. The van der Waals surface area contributed by atoms with Gasteiger partial charge in [-0.15, -0.1) is 0 Å². The van der Waals surface area contributed by atoms with E-state index in [2.05, 4.69) is 6.07 Å². The summed E-state index contributed by atoms with van der Waals surface area (Å²) in [6.07, 6.45) is 0.0848. The number of carbonyl (C=O) groups is 1. The van der Waals surface area contributed by atoms with Gasteiger partial charge < -0.3 is 4.90 Å².